The lowest BCUT2D eigenvalue weighted by Gasteiger charge is -2.37. The number of imidazole rings is 1. The number of hydrogen-bond donors (Lipinski definition) is 0. The Morgan fingerprint density at radius 1 is 1.09 bits per heavy atom. The molecule has 0 spiro atoms. The largest absolute Gasteiger partial charge is 0.344 e. The summed E-state index contributed by atoms with van der Waals surface area (Å²) in [6.45, 7) is 11.1. The topological polar surface area (TPSA) is 36.7 Å². The van der Waals surface area contributed by atoms with Crippen LogP contribution in [0.1, 0.15) is 52.1 Å². The van der Waals surface area contributed by atoms with Crippen molar-refractivity contribution >= 4 is 21.4 Å². The molecule has 0 atom stereocenters. The molecule has 0 amide bonds. The molecular weight excluding hydrogens is 306 g/mol. The Balaban J connectivity index is 1.44. The van der Waals surface area contributed by atoms with Crippen LogP contribution < -0.4 is 4.90 Å². The Labute approximate surface area is 142 Å². The monoisotopic (exact) mass is 333 g/mol. The maximum absolute atomic E-state index is 4.77. The molecule has 2 aliphatic rings. The molecule has 3 heterocycles. The number of fused-ring (bicyclic) bond motifs is 1. The lowest BCUT2D eigenvalue weighted by molar-refractivity contribution is 0.187. The van der Waals surface area contributed by atoms with E-state index in [0.29, 0.717) is 0 Å². The Morgan fingerprint density at radius 3 is 2.39 bits per heavy atom. The van der Waals surface area contributed by atoms with Gasteiger partial charge in [0.15, 0.2) is 0 Å². The minimum atomic E-state index is 0.0838. The fraction of sp³-hybridized carbons (Fsp3) is 0.765. The summed E-state index contributed by atoms with van der Waals surface area (Å²) < 4.78 is 1.96. The minimum Gasteiger partial charge on any atom is -0.344 e. The van der Waals surface area contributed by atoms with Gasteiger partial charge in [0.05, 0.1) is 11.9 Å². The molecule has 4 rings (SSSR count). The number of anilines is 1. The van der Waals surface area contributed by atoms with Gasteiger partial charge in [-0.25, -0.2) is 9.50 Å². The quantitative estimate of drug-likeness (QED) is 0.846. The predicted octanol–water partition coefficient (Wildman–Crippen LogP) is 3.15. The van der Waals surface area contributed by atoms with Crippen LogP contribution in [0.15, 0.2) is 6.20 Å². The average molecular weight is 334 g/mol. The Bertz CT molecular complexity index is 637. The van der Waals surface area contributed by atoms with E-state index in [4.69, 9.17) is 10.1 Å². The Hall–Kier alpha value is -1.14. The van der Waals surface area contributed by atoms with Crippen LogP contribution in [0.2, 0.25) is 0 Å². The zero-order valence-electron chi connectivity index (χ0n) is 14.5. The third kappa shape index (κ3) is 2.98. The zero-order chi connectivity index (χ0) is 16.0. The van der Waals surface area contributed by atoms with Crippen molar-refractivity contribution in [3.05, 3.63) is 11.9 Å². The first-order valence-electron chi connectivity index (χ1n) is 8.86. The zero-order valence-corrected chi connectivity index (χ0v) is 15.3. The molecule has 1 saturated heterocycles. The summed E-state index contributed by atoms with van der Waals surface area (Å²) >= 11 is 1.72. The lowest BCUT2D eigenvalue weighted by Crippen LogP contribution is -2.49. The van der Waals surface area contributed by atoms with Crippen LogP contribution >= 0.6 is 11.3 Å². The maximum Gasteiger partial charge on any atom is 0.214 e. The van der Waals surface area contributed by atoms with E-state index in [1.54, 1.807) is 11.3 Å². The van der Waals surface area contributed by atoms with Gasteiger partial charge in [-0.1, -0.05) is 44.9 Å². The second-order valence-corrected chi connectivity index (χ2v) is 8.88. The molecule has 2 aromatic rings. The molecule has 0 bridgehead atoms. The van der Waals surface area contributed by atoms with Crippen LogP contribution in [0, 0.1) is 0 Å². The van der Waals surface area contributed by atoms with Gasteiger partial charge in [0.25, 0.3) is 0 Å². The number of nitrogens with zero attached hydrogens (tertiary/aromatic N) is 5. The normalized spacial score (nSPS) is 21.6. The van der Waals surface area contributed by atoms with E-state index < -0.39 is 0 Å². The first-order valence-corrected chi connectivity index (χ1v) is 9.68. The molecule has 0 N–H and O–H groups in total. The second kappa shape index (κ2) is 5.74. The smallest absolute Gasteiger partial charge is 0.214 e. The van der Waals surface area contributed by atoms with Crippen molar-refractivity contribution in [3.8, 4) is 0 Å². The first kappa shape index (κ1) is 15.4. The van der Waals surface area contributed by atoms with Gasteiger partial charge in [0.2, 0.25) is 10.1 Å². The molecule has 0 radical (unpaired) electrons. The molecular formula is C17H27N5S. The molecule has 1 aliphatic heterocycles. The van der Waals surface area contributed by atoms with Gasteiger partial charge in [-0.2, -0.15) is 0 Å². The van der Waals surface area contributed by atoms with Crippen LogP contribution in [0.3, 0.4) is 0 Å². The fourth-order valence-corrected chi connectivity index (χ4v) is 4.66. The second-order valence-electron chi connectivity index (χ2n) is 7.95. The van der Waals surface area contributed by atoms with Gasteiger partial charge in [0.1, 0.15) is 0 Å². The van der Waals surface area contributed by atoms with E-state index >= 15 is 0 Å². The molecule has 1 aliphatic carbocycles. The van der Waals surface area contributed by atoms with Gasteiger partial charge in [-0.15, -0.1) is 5.10 Å². The Morgan fingerprint density at radius 2 is 1.78 bits per heavy atom. The molecule has 23 heavy (non-hydrogen) atoms. The third-order valence-corrected chi connectivity index (χ3v) is 6.21. The van der Waals surface area contributed by atoms with E-state index in [-0.39, 0.29) is 5.41 Å². The van der Waals surface area contributed by atoms with Gasteiger partial charge >= 0.3 is 0 Å². The van der Waals surface area contributed by atoms with Gasteiger partial charge in [0, 0.05) is 37.6 Å². The SMILES string of the molecule is CC(C)(C)c1cn2nc(N3CCN(C4CCCC4)CC3)sc2n1. The van der Waals surface area contributed by atoms with Crippen molar-refractivity contribution in [2.75, 3.05) is 31.1 Å². The summed E-state index contributed by atoms with van der Waals surface area (Å²) in [5, 5.41) is 5.90. The molecule has 2 aromatic heterocycles. The van der Waals surface area contributed by atoms with Crippen LogP contribution in [-0.2, 0) is 5.41 Å². The Kier molecular flexibility index (Phi) is 3.84. The van der Waals surface area contributed by atoms with Crippen molar-refractivity contribution < 1.29 is 0 Å². The highest BCUT2D eigenvalue weighted by molar-refractivity contribution is 7.20. The molecule has 6 heteroatoms. The number of rotatable bonds is 2. The van der Waals surface area contributed by atoms with Crippen molar-refractivity contribution in [1.82, 2.24) is 19.5 Å². The van der Waals surface area contributed by atoms with E-state index in [0.717, 1.165) is 34.9 Å². The predicted molar refractivity (Wildman–Crippen MR) is 95.6 cm³/mol. The fourth-order valence-electron chi connectivity index (χ4n) is 3.73. The highest BCUT2D eigenvalue weighted by atomic mass is 32.1. The molecule has 1 saturated carbocycles. The van der Waals surface area contributed by atoms with E-state index in [9.17, 15) is 0 Å². The number of hydrogen-bond acceptors (Lipinski definition) is 5. The summed E-state index contributed by atoms with van der Waals surface area (Å²) in [5.74, 6) is 0. The van der Waals surface area contributed by atoms with E-state index in [2.05, 4.69) is 36.8 Å². The molecule has 2 fully saturated rings. The number of aromatic nitrogens is 3. The number of piperazine rings is 1. The average Bonchev–Trinajstić information content (AvgIpc) is 3.22. The van der Waals surface area contributed by atoms with Crippen molar-refractivity contribution in [2.24, 2.45) is 0 Å². The van der Waals surface area contributed by atoms with Gasteiger partial charge in [-0.3, -0.25) is 4.90 Å². The standard InChI is InChI=1S/C17H27N5S/c1-17(2,3)14-12-22-15(18-14)23-16(19-22)21-10-8-20(9-11-21)13-6-4-5-7-13/h12-13H,4-11H2,1-3H3. The summed E-state index contributed by atoms with van der Waals surface area (Å²) in [5.41, 5.74) is 1.20. The summed E-state index contributed by atoms with van der Waals surface area (Å²) in [7, 11) is 0. The molecule has 5 nitrogen and oxygen atoms in total. The van der Waals surface area contributed by atoms with Gasteiger partial charge in [-0.05, 0) is 12.8 Å². The third-order valence-electron chi connectivity index (χ3n) is 5.23. The molecule has 126 valence electrons. The first-order chi connectivity index (χ1) is 11.0. The molecule has 0 unspecified atom stereocenters. The van der Waals surface area contributed by atoms with Crippen molar-refractivity contribution in [1.29, 1.82) is 0 Å². The van der Waals surface area contributed by atoms with Crippen LogP contribution in [0.5, 0.6) is 0 Å². The lowest BCUT2D eigenvalue weighted by atomic mass is 9.93. The van der Waals surface area contributed by atoms with Crippen molar-refractivity contribution in [2.45, 2.75) is 57.9 Å². The summed E-state index contributed by atoms with van der Waals surface area (Å²) in [6, 6.07) is 0.847. The van der Waals surface area contributed by atoms with Crippen LogP contribution in [0.4, 0.5) is 5.13 Å². The summed E-state index contributed by atoms with van der Waals surface area (Å²) in [4.78, 5) is 10.9. The summed E-state index contributed by atoms with van der Waals surface area (Å²) in [6.07, 6.45) is 7.74. The van der Waals surface area contributed by atoms with E-state index in [1.807, 2.05) is 4.52 Å². The van der Waals surface area contributed by atoms with E-state index in [1.165, 1.54) is 38.8 Å². The highest BCUT2D eigenvalue weighted by Gasteiger charge is 2.27. The molecule has 0 aromatic carbocycles. The van der Waals surface area contributed by atoms with Crippen LogP contribution in [0.25, 0.3) is 4.96 Å². The maximum atomic E-state index is 4.77. The van der Waals surface area contributed by atoms with Gasteiger partial charge < -0.3 is 4.90 Å². The minimum absolute atomic E-state index is 0.0838. The van der Waals surface area contributed by atoms with Crippen molar-refractivity contribution in [3.63, 3.8) is 0 Å². The van der Waals surface area contributed by atoms with Crippen LogP contribution in [-0.4, -0.2) is 51.7 Å². The highest BCUT2D eigenvalue weighted by Crippen LogP contribution is 2.29.